The maximum absolute atomic E-state index is 6.02. The number of hydrogen-bond donors (Lipinski definition) is 2. The van der Waals surface area contributed by atoms with Crippen molar-refractivity contribution in [1.82, 2.24) is 21.1 Å². The molecule has 2 heterocycles. The normalized spacial score (nSPS) is 14.9. The van der Waals surface area contributed by atoms with E-state index < -0.39 is 0 Å². The number of hydrogen-bond acceptors (Lipinski definition) is 6. The lowest BCUT2D eigenvalue weighted by molar-refractivity contribution is 0.231. The molecule has 0 radical (unpaired) electrons. The Morgan fingerprint density at radius 2 is 1.97 bits per heavy atom. The van der Waals surface area contributed by atoms with Gasteiger partial charge in [0.05, 0.1) is 11.2 Å². The van der Waals surface area contributed by atoms with E-state index in [2.05, 4.69) is 58.3 Å². The van der Waals surface area contributed by atoms with Crippen molar-refractivity contribution in [2.45, 2.75) is 38.7 Å². The molecule has 0 aliphatic carbocycles. The molecular weight excluding hydrogens is 362 g/mol. The van der Waals surface area contributed by atoms with Crippen LogP contribution in [0.1, 0.15) is 43.4 Å². The second-order valence-corrected chi connectivity index (χ2v) is 7.48. The molecule has 0 fully saturated rings. The lowest BCUT2D eigenvalue weighted by Crippen LogP contribution is -2.37. The first-order chi connectivity index (χ1) is 14.2. The maximum Gasteiger partial charge on any atom is 0.139 e. The van der Waals surface area contributed by atoms with E-state index >= 15 is 0 Å². The zero-order valence-corrected chi connectivity index (χ0v) is 16.9. The summed E-state index contributed by atoms with van der Waals surface area (Å²) >= 11 is 0. The first-order valence-corrected chi connectivity index (χ1v) is 10.1. The fraction of sp³-hybridized carbons (Fsp3) is 0.304. The van der Waals surface area contributed by atoms with Gasteiger partial charge in [0.1, 0.15) is 18.2 Å². The lowest BCUT2D eigenvalue weighted by atomic mass is 9.95. The molecule has 6 heteroatoms. The van der Waals surface area contributed by atoms with E-state index in [9.17, 15) is 0 Å². The topological polar surface area (TPSA) is 61.8 Å². The number of benzene rings is 2. The third kappa shape index (κ3) is 5.03. The van der Waals surface area contributed by atoms with Gasteiger partial charge in [0.2, 0.25) is 0 Å². The highest BCUT2D eigenvalue weighted by atomic mass is 16.5. The van der Waals surface area contributed by atoms with Crippen LogP contribution >= 0.6 is 0 Å². The summed E-state index contributed by atoms with van der Waals surface area (Å²) in [5.41, 5.74) is 9.27. The molecule has 1 unspecified atom stereocenters. The van der Waals surface area contributed by atoms with E-state index in [0.29, 0.717) is 12.5 Å². The van der Waals surface area contributed by atoms with Gasteiger partial charge in [-0.2, -0.15) is 0 Å². The number of nitrogens with one attached hydrogen (secondary N) is 2. The highest BCUT2D eigenvalue weighted by molar-refractivity contribution is 5.82. The summed E-state index contributed by atoms with van der Waals surface area (Å²) in [5, 5.41) is 7.13. The minimum absolute atomic E-state index is 0.463. The molecule has 0 saturated heterocycles. The molecule has 4 rings (SSSR count). The molecule has 2 aromatic carbocycles. The number of hydrazine groups is 2. The first-order valence-electron chi connectivity index (χ1n) is 10.1. The van der Waals surface area contributed by atoms with Gasteiger partial charge in [0, 0.05) is 18.9 Å². The van der Waals surface area contributed by atoms with E-state index in [0.717, 1.165) is 47.4 Å². The highest BCUT2D eigenvalue weighted by Crippen LogP contribution is 2.25. The molecule has 3 aromatic rings. The van der Waals surface area contributed by atoms with E-state index in [-0.39, 0.29) is 0 Å². The third-order valence-electron chi connectivity index (χ3n) is 5.15. The number of fused-ring (bicyclic) bond motifs is 1. The molecule has 6 nitrogen and oxygen atoms in total. The minimum Gasteiger partial charge on any atom is -0.487 e. The molecule has 0 bridgehead atoms. The fourth-order valence-electron chi connectivity index (χ4n) is 3.49. The monoisotopic (exact) mass is 389 g/mol. The van der Waals surface area contributed by atoms with E-state index in [1.165, 1.54) is 5.56 Å². The zero-order valence-electron chi connectivity index (χ0n) is 16.9. The van der Waals surface area contributed by atoms with E-state index in [1.807, 2.05) is 37.4 Å². The Hall–Kier alpha value is -3.12. The molecule has 29 heavy (non-hydrogen) atoms. The van der Waals surface area contributed by atoms with Gasteiger partial charge in [-0.15, -0.1) is 10.2 Å². The molecule has 0 spiro atoms. The van der Waals surface area contributed by atoms with Crippen LogP contribution in [0.5, 0.6) is 5.75 Å². The Kier molecular flexibility index (Phi) is 5.91. The van der Waals surface area contributed by atoms with Crippen LogP contribution in [0.4, 0.5) is 0 Å². The number of para-hydroxylation sites is 1. The van der Waals surface area contributed by atoms with Gasteiger partial charge >= 0.3 is 0 Å². The molecule has 1 aromatic heterocycles. The number of nitrogens with zero attached hydrogens (tertiary/aromatic N) is 3. The van der Waals surface area contributed by atoms with E-state index in [1.54, 1.807) is 5.12 Å². The predicted molar refractivity (Wildman–Crippen MR) is 116 cm³/mol. The standard InChI is InChI=1S/C23H27N5O/c1-17(7-5-12-23-25-27-28(2)26-23)19-9-6-10-21(15-19)29-16-20-14-13-18-8-3-4-11-22(18)24-20/h3-4,6,8-11,13-15,17,27H,5,7,12,16H2,1-2H3,(H,25,26). The smallest absolute Gasteiger partial charge is 0.139 e. The Labute approximate surface area is 171 Å². The third-order valence-corrected chi connectivity index (χ3v) is 5.15. The van der Waals surface area contributed by atoms with Gasteiger partial charge in [-0.25, -0.2) is 10.5 Å². The van der Waals surface area contributed by atoms with Crippen LogP contribution in [-0.4, -0.2) is 23.0 Å². The van der Waals surface area contributed by atoms with Gasteiger partial charge in [-0.05, 0) is 48.6 Å². The van der Waals surface area contributed by atoms with Crippen molar-refractivity contribution in [1.29, 1.82) is 0 Å². The Bertz CT molecular complexity index is 1000. The van der Waals surface area contributed by atoms with E-state index in [4.69, 9.17) is 4.74 Å². The van der Waals surface area contributed by atoms with Gasteiger partial charge in [0.15, 0.2) is 0 Å². The van der Waals surface area contributed by atoms with Gasteiger partial charge < -0.3 is 4.74 Å². The zero-order chi connectivity index (χ0) is 20.1. The van der Waals surface area contributed by atoms with Crippen molar-refractivity contribution >= 4 is 16.7 Å². The lowest BCUT2D eigenvalue weighted by Gasteiger charge is -2.14. The Morgan fingerprint density at radius 3 is 2.83 bits per heavy atom. The van der Waals surface area contributed by atoms with Crippen molar-refractivity contribution < 1.29 is 4.74 Å². The quantitative estimate of drug-likeness (QED) is 0.600. The summed E-state index contributed by atoms with van der Waals surface area (Å²) in [6.07, 6.45) is 3.11. The van der Waals surface area contributed by atoms with Crippen molar-refractivity contribution in [2.24, 2.45) is 5.10 Å². The average molecular weight is 390 g/mol. The second-order valence-electron chi connectivity index (χ2n) is 7.48. The number of aromatic nitrogens is 1. The van der Waals surface area contributed by atoms with Crippen molar-refractivity contribution in [2.75, 3.05) is 7.05 Å². The highest BCUT2D eigenvalue weighted by Gasteiger charge is 2.12. The second kappa shape index (κ2) is 8.92. The number of hydrazone groups is 1. The number of amidine groups is 1. The average Bonchev–Trinajstić information content (AvgIpc) is 3.17. The van der Waals surface area contributed by atoms with Crippen molar-refractivity contribution in [3.63, 3.8) is 0 Å². The predicted octanol–water partition coefficient (Wildman–Crippen LogP) is 4.36. The summed E-state index contributed by atoms with van der Waals surface area (Å²) in [5.74, 6) is 2.33. The van der Waals surface area contributed by atoms with Gasteiger partial charge in [-0.3, -0.25) is 5.43 Å². The SMILES string of the molecule is CC(CCCC1=NNN(C)N1)c1cccc(OCc2ccc3ccccc3n2)c1. The summed E-state index contributed by atoms with van der Waals surface area (Å²) in [6, 6.07) is 20.7. The fourth-order valence-corrected chi connectivity index (χ4v) is 3.49. The number of rotatable bonds is 8. The van der Waals surface area contributed by atoms with Gasteiger partial charge in [-0.1, -0.05) is 43.3 Å². The van der Waals surface area contributed by atoms with Crippen LogP contribution in [-0.2, 0) is 6.61 Å². The molecule has 0 saturated carbocycles. The van der Waals surface area contributed by atoms with Crippen molar-refractivity contribution in [3.8, 4) is 5.75 Å². The Balaban J connectivity index is 1.31. The molecular formula is C23H27N5O. The van der Waals surface area contributed by atoms with Crippen LogP contribution < -0.4 is 15.7 Å². The minimum atomic E-state index is 0.463. The first kappa shape index (κ1) is 19.2. The van der Waals surface area contributed by atoms with Crippen LogP contribution in [0.15, 0.2) is 65.8 Å². The summed E-state index contributed by atoms with van der Waals surface area (Å²) in [4.78, 5) is 4.68. The van der Waals surface area contributed by atoms with Crippen LogP contribution in [0.3, 0.4) is 0 Å². The van der Waals surface area contributed by atoms with Gasteiger partial charge in [0.25, 0.3) is 0 Å². The molecule has 1 atom stereocenters. The molecule has 0 amide bonds. The van der Waals surface area contributed by atoms with Crippen molar-refractivity contribution in [3.05, 3.63) is 71.9 Å². The summed E-state index contributed by atoms with van der Waals surface area (Å²) in [6.45, 7) is 2.73. The molecule has 1 aliphatic rings. The van der Waals surface area contributed by atoms with Crippen LogP contribution in [0.2, 0.25) is 0 Å². The summed E-state index contributed by atoms with van der Waals surface area (Å²) < 4.78 is 6.02. The molecule has 1 aliphatic heterocycles. The number of pyridine rings is 1. The largest absolute Gasteiger partial charge is 0.487 e. The molecule has 2 N–H and O–H groups in total. The maximum atomic E-state index is 6.02. The summed E-state index contributed by atoms with van der Waals surface area (Å²) in [7, 11) is 1.90. The molecule has 150 valence electrons. The van der Waals surface area contributed by atoms with Crippen LogP contribution in [0.25, 0.3) is 10.9 Å². The number of ether oxygens (including phenoxy) is 1. The Morgan fingerprint density at radius 1 is 1.07 bits per heavy atom. The van der Waals surface area contributed by atoms with Crippen LogP contribution in [0, 0.1) is 0 Å².